The van der Waals surface area contributed by atoms with Gasteiger partial charge in [0.05, 0.1) is 24.0 Å². The molecule has 4 nitrogen and oxygen atoms in total. The van der Waals surface area contributed by atoms with Gasteiger partial charge < -0.3 is 15.0 Å². The fraction of sp³-hybridized carbons (Fsp3) is 0.417. The van der Waals surface area contributed by atoms with Crippen LogP contribution in [-0.4, -0.2) is 37.3 Å². The van der Waals surface area contributed by atoms with E-state index in [0.29, 0.717) is 5.92 Å². The van der Waals surface area contributed by atoms with Gasteiger partial charge in [0, 0.05) is 19.6 Å². The lowest BCUT2D eigenvalue weighted by atomic mass is 9.99. The molecule has 0 bridgehead atoms. The quantitative estimate of drug-likeness (QED) is 0.801. The first-order valence-electron chi connectivity index (χ1n) is 5.41. The van der Waals surface area contributed by atoms with Gasteiger partial charge in [-0.1, -0.05) is 6.07 Å². The molecule has 2 N–H and O–H groups in total. The normalized spacial score (nSPS) is 13.1. The average molecular weight is 219 g/mol. The summed E-state index contributed by atoms with van der Waals surface area (Å²) in [5.74, 6) is 0.377. The van der Waals surface area contributed by atoms with Gasteiger partial charge in [-0.2, -0.15) is 0 Å². The lowest BCUT2D eigenvalue weighted by Gasteiger charge is -2.15. The number of fused-ring (bicyclic) bond motifs is 1. The Morgan fingerprint density at radius 3 is 3.12 bits per heavy atom. The number of nitrogens with one attached hydrogen (secondary N) is 2. The van der Waals surface area contributed by atoms with Crippen molar-refractivity contribution < 1.29 is 4.74 Å². The van der Waals surface area contributed by atoms with Crippen LogP contribution >= 0.6 is 0 Å². The first-order chi connectivity index (χ1) is 7.85. The van der Waals surface area contributed by atoms with Crippen LogP contribution in [0.25, 0.3) is 11.0 Å². The highest BCUT2D eigenvalue weighted by Crippen LogP contribution is 2.19. The van der Waals surface area contributed by atoms with E-state index in [1.807, 2.05) is 13.1 Å². The van der Waals surface area contributed by atoms with Gasteiger partial charge in [-0.3, -0.25) is 0 Å². The van der Waals surface area contributed by atoms with Crippen molar-refractivity contribution in [1.29, 1.82) is 0 Å². The largest absolute Gasteiger partial charge is 0.384 e. The molecule has 0 spiro atoms. The molecular formula is C12H17N3O. The molecule has 2 aromatic rings. The van der Waals surface area contributed by atoms with Crippen LogP contribution in [0.15, 0.2) is 24.5 Å². The van der Waals surface area contributed by atoms with E-state index in [9.17, 15) is 0 Å². The summed E-state index contributed by atoms with van der Waals surface area (Å²) in [7, 11) is 3.69. The van der Waals surface area contributed by atoms with Gasteiger partial charge in [0.2, 0.25) is 0 Å². The van der Waals surface area contributed by atoms with Crippen LogP contribution in [0, 0.1) is 0 Å². The van der Waals surface area contributed by atoms with E-state index >= 15 is 0 Å². The van der Waals surface area contributed by atoms with E-state index in [4.69, 9.17) is 4.74 Å². The third-order valence-electron chi connectivity index (χ3n) is 2.73. The second-order valence-corrected chi connectivity index (χ2v) is 3.89. The van der Waals surface area contributed by atoms with Gasteiger partial charge >= 0.3 is 0 Å². The smallest absolute Gasteiger partial charge is 0.0931 e. The van der Waals surface area contributed by atoms with Crippen molar-refractivity contribution in [2.45, 2.75) is 5.92 Å². The van der Waals surface area contributed by atoms with Crippen molar-refractivity contribution in [1.82, 2.24) is 15.3 Å². The Morgan fingerprint density at radius 1 is 1.50 bits per heavy atom. The van der Waals surface area contributed by atoms with E-state index in [2.05, 4.69) is 27.4 Å². The summed E-state index contributed by atoms with van der Waals surface area (Å²) in [5, 5.41) is 3.19. The molecule has 16 heavy (non-hydrogen) atoms. The maximum atomic E-state index is 5.24. The van der Waals surface area contributed by atoms with Crippen molar-refractivity contribution in [3.8, 4) is 0 Å². The number of likely N-dealkylation sites (N-methyl/N-ethyl adjacent to an activating group) is 1. The number of nitrogens with zero attached hydrogens (tertiary/aromatic N) is 1. The van der Waals surface area contributed by atoms with Crippen LogP contribution in [0.2, 0.25) is 0 Å². The summed E-state index contributed by atoms with van der Waals surface area (Å²) in [6.45, 7) is 1.63. The molecule has 2 rings (SSSR count). The molecule has 0 saturated heterocycles. The molecule has 0 aliphatic carbocycles. The number of aromatic amines is 1. The maximum Gasteiger partial charge on any atom is 0.0931 e. The molecule has 0 amide bonds. The minimum atomic E-state index is 0.377. The third-order valence-corrected chi connectivity index (χ3v) is 2.73. The number of aromatic nitrogens is 2. The Kier molecular flexibility index (Phi) is 3.54. The van der Waals surface area contributed by atoms with Crippen LogP contribution in [-0.2, 0) is 4.74 Å². The average Bonchev–Trinajstić information content (AvgIpc) is 2.75. The molecule has 1 atom stereocenters. The molecule has 1 unspecified atom stereocenters. The minimum absolute atomic E-state index is 0.377. The van der Waals surface area contributed by atoms with Crippen LogP contribution in [0.3, 0.4) is 0 Å². The Balaban J connectivity index is 2.28. The van der Waals surface area contributed by atoms with E-state index in [1.54, 1.807) is 13.4 Å². The SMILES string of the molecule is CNCC(COC)c1ccc2nc[nH]c2c1. The van der Waals surface area contributed by atoms with Crippen molar-refractivity contribution in [2.24, 2.45) is 0 Å². The zero-order chi connectivity index (χ0) is 11.4. The summed E-state index contributed by atoms with van der Waals surface area (Å²) >= 11 is 0. The summed E-state index contributed by atoms with van der Waals surface area (Å²) in [4.78, 5) is 7.34. The molecular weight excluding hydrogens is 202 g/mol. The van der Waals surface area contributed by atoms with Crippen molar-refractivity contribution >= 4 is 11.0 Å². The summed E-state index contributed by atoms with van der Waals surface area (Å²) in [5.41, 5.74) is 3.35. The Bertz CT molecular complexity index is 446. The lowest BCUT2D eigenvalue weighted by molar-refractivity contribution is 0.178. The fourth-order valence-electron chi connectivity index (χ4n) is 1.93. The Hall–Kier alpha value is -1.39. The summed E-state index contributed by atoms with van der Waals surface area (Å²) in [6, 6.07) is 6.30. The van der Waals surface area contributed by atoms with Gasteiger partial charge in [-0.05, 0) is 24.7 Å². The monoisotopic (exact) mass is 219 g/mol. The topological polar surface area (TPSA) is 49.9 Å². The summed E-state index contributed by atoms with van der Waals surface area (Å²) < 4.78 is 5.24. The molecule has 1 aromatic carbocycles. The van der Waals surface area contributed by atoms with Gasteiger partial charge in [0.1, 0.15) is 0 Å². The molecule has 0 radical (unpaired) electrons. The summed E-state index contributed by atoms with van der Waals surface area (Å²) in [6.07, 6.45) is 1.72. The van der Waals surface area contributed by atoms with E-state index in [0.717, 1.165) is 24.2 Å². The first-order valence-corrected chi connectivity index (χ1v) is 5.41. The number of benzene rings is 1. The second kappa shape index (κ2) is 5.09. The van der Waals surface area contributed by atoms with Crippen LogP contribution in [0.4, 0.5) is 0 Å². The molecule has 0 aliphatic heterocycles. The highest BCUT2D eigenvalue weighted by atomic mass is 16.5. The van der Waals surface area contributed by atoms with Crippen LogP contribution in [0.5, 0.6) is 0 Å². The van der Waals surface area contributed by atoms with E-state index in [1.165, 1.54) is 5.56 Å². The minimum Gasteiger partial charge on any atom is -0.384 e. The number of rotatable bonds is 5. The molecule has 86 valence electrons. The number of hydrogen-bond donors (Lipinski definition) is 2. The van der Waals surface area contributed by atoms with Gasteiger partial charge in [-0.25, -0.2) is 4.98 Å². The van der Waals surface area contributed by atoms with Gasteiger partial charge in [-0.15, -0.1) is 0 Å². The number of hydrogen-bond acceptors (Lipinski definition) is 3. The Morgan fingerprint density at radius 2 is 2.38 bits per heavy atom. The molecule has 0 aliphatic rings. The first kappa shape index (κ1) is 11.1. The molecule has 1 aromatic heterocycles. The predicted molar refractivity (Wildman–Crippen MR) is 64.6 cm³/mol. The number of H-pyrrole nitrogens is 1. The highest BCUT2D eigenvalue weighted by molar-refractivity contribution is 5.75. The van der Waals surface area contributed by atoms with Crippen LogP contribution in [0.1, 0.15) is 11.5 Å². The van der Waals surface area contributed by atoms with Crippen LogP contribution < -0.4 is 5.32 Å². The molecule has 1 heterocycles. The predicted octanol–water partition coefficient (Wildman–Crippen LogP) is 1.51. The number of ether oxygens (including phenoxy) is 1. The van der Waals surface area contributed by atoms with Crippen molar-refractivity contribution in [2.75, 3.05) is 27.3 Å². The zero-order valence-corrected chi connectivity index (χ0v) is 9.66. The standard InChI is InChI=1S/C12H17N3O/c1-13-6-10(7-16-2)9-3-4-11-12(5-9)15-8-14-11/h3-5,8,10,13H,6-7H2,1-2H3,(H,14,15). The highest BCUT2D eigenvalue weighted by Gasteiger charge is 2.11. The van der Waals surface area contributed by atoms with E-state index < -0.39 is 0 Å². The fourth-order valence-corrected chi connectivity index (χ4v) is 1.93. The third kappa shape index (κ3) is 2.23. The Labute approximate surface area is 95.0 Å². The maximum absolute atomic E-state index is 5.24. The number of methoxy groups -OCH3 is 1. The van der Waals surface area contributed by atoms with Crippen molar-refractivity contribution in [3.63, 3.8) is 0 Å². The molecule has 4 heteroatoms. The van der Waals surface area contributed by atoms with Gasteiger partial charge in [0.15, 0.2) is 0 Å². The molecule has 0 fully saturated rings. The lowest BCUT2D eigenvalue weighted by Crippen LogP contribution is -2.20. The number of imidazole rings is 1. The zero-order valence-electron chi connectivity index (χ0n) is 9.66. The second-order valence-electron chi connectivity index (χ2n) is 3.89. The molecule has 0 saturated carbocycles. The van der Waals surface area contributed by atoms with E-state index in [-0.39, 0.29) is 0 Å². The van der Waals surface area contributed by atoms with Crippen molar-refractivity contribution in [3.05, 3.63) is 30.1 Å². The van der Waals surface area contributed by atoms with Gasteiger partial charge in [0.25, 0.3) is 0 Å².